The number of rotatable bonds is 5. The van der Waals surface area contributed by atoms with E-state index in [4.69, 9.17) is 4.74 Å². The molecule has 2 fully saturated rings. The minimum atomic E-state index is 0.528. The minimum absolute atomic E-state index is 0.528. The highest BCUT2D eigenvalue weighted by Crippen LogP contribution is 2.15. The van der Waals surface area contributed by atoms with Crippen molar-refractivity contribution in [1.29, 1.82) is 0 Å². The molecule has 0 radical (unpaired) electrons. The molecule has 0 bridgehead atoms. The van der Waals surface area contributed by atoms with Crippen molar-refractivity contribution in [2.24, 2.45) is 0 Å². The first-order valence-corrected chi connectivity index (χ1v) is 4.96. The molecule has 70 valence electrons. The number of likely N-dealkylation sites (N-methyl/N-ethyl adjacent to an activating group) is 1. The van der Waals surface area contributed by atoms with Gasteiger partial charge in [-0.2, -0.15) is 0 Å². The largest absolute Gasteiger partial charge is 0.372 e. The van der Waals surface area contributed by atoms with Gasteiger partial charge in [-0.3, -0.25) is 4.90 Å². The lowest BCUT2D eigenvalue weighted by atomic mass is 10.0. The van der Waals surface area contributed by atoms with Crippen LogP contribution in [0.15, 0.2) is 0 Å². The summed E-state index contributed by atoms with van der Waals surface area (Å²) in [6, 6.07) is 0.800. The Labute approximate surface area is 74.1 Å². The lowest BCUT2D eigenvalue weighted by Gasteiger charge is -2.40. The molecule has 0 aliphatic carbocycles. The Morgan fingerprint density at radius 2 is 2.33 bits per heavy atom. The average molecular weight is 170 g/mol. The van der Waals surface area contributed by atoms with Crippen LogP contribution in [0.2, 0.25) is 0 Å². The number of nitrogens with one attached hydrogen (secondary N) is 1. The summed E-state index contributed by atoms with van der Waals surface area (Å²) in [5, 5.41) is 3.45. The Balaban J connectivity index is 1.53. The number of epoxide rings is 1. The molecule has 3 heteroatoms. The molecule has 3 nitrogen and oxygen atoms in total. The summed E-state index contributed by atoms with van der Waals surface area (Å²) >= 11 is 0. The van der Waals surface area contributed by atoms with E-state index in [0.29, 0.717) is 6.10 Å². The van der Waals surface area contributed by atoms with E-state index in [1.807, 2.05) is 0 Å². The molecule has 0 aromatic carbocycles. The molecule has 2 unspecified atom stereocenters. The third-order valence-electron chi connectivity index (χ3n) is 2.83. The van der Waals surface area contributed by atoms with E-state index in [0.717, 1.165) is 25.7 Å². The predicted molar refractivity (Wildman–Crippen MR) is 48.3 cm³/mol. The van der Waals surface area contributed by atoms with Gasteiger partial charge in [-0.1, -0.05) is 6.92 Å². The second-order valence-corrected chi connectivity index (χ2v) is 3.68. The van der Waals surface area contributed by atoms with Crippen molar-refractivity contribution < 1.29 is 4.74 Å². The van der Waals surface area contributed by atoms with Crippen LogP contribution in [0.3, 0.4) is 0 Å². The maximum atomic E-state index is 5.12. The van der Waals surface area contributed by atoms with Gasteiger partial charge in [-0.25, -0.2) is 0 Å². The number of ether oxygens (including phenoxy) is 1. The molecule has 2 atom stereocenters. The van der Waals surface area contributed by atoms with Gasteiger partial charge in [0.05, 0.1) is 12.7 Å². The van der Waals surface area contributed by atoms with Crippen LogP contribution >= 0.6 is 0 Å². The van der Waals surface area contributed by atoms with E-state index >= 15 is 0 Å². The molecule has 2 aliphatic heterocycles. The van der Waals surface area contributed by atoms with Crippen molar-refractivity contribution in [3.8, 4) is 0 Å². The average Bonchev–Trinajstić information content (AvgIpc) is 2.80. The van der Waals surface area contributed by atoms with Gasteiger partial charge in [0, 0.05) is 25.7 Å². The monoisotopic (exact) mass is 170 g/mol. The van der Waals surface area contributed by atoms with Crippen molar-refractivity contribution in [1.82, 2.24) is 10.2 Å². The molecular weight excluding hydrogens is 152 g/mol. The zero-order valence-corrected chi connectivity index (χ0v) is 7.75. The van der Waals surface area contributed by atoms with Crippen LogP contribution in [-0.2, 0) is 4.74 Å². The number of nitrogens with zero attached hydrogens (tertiary/aromatic N) is 1. The highest BCUT2D eigenvalue weighted by Gasteiger charge is 2.27. The summed E-state index contributed by atoms with van der Waals surface area (Å²) in [5.41, 5.74) is 0. The highest BCUT2D eigenvalue weighted by atomic mass is 16.6. The quantitative estimate of drug-likeness (QED) is 0.592. The highest BCUT2D eigenvalue weighted by molar-refractivity contribution is 4.84. The zero-order valence-electron chi connectivity index (χ0n) is 7.75. The summed E-state index contributed by atoms with van der Waals surface area (Å²) < 4.78 is 5.12. The first-order chi connectivity index (χ1) is 5.90. The van der Waals surface area contributed by atoms with Crippen LogP contribution in [0.1, 0.15) is 13.3 Å². The maximum absolute atomic E-state index is 5.12. The smallest absolute Gasteiger partial charge is 0.0933 e. The third-order valence-corrected chi connectivity index (χ3v) is 2.83. The molecule has 0 amide bonds. The molecule has 0 spiro atoms. The first-order valence-electron chi connectivity index (χ1n) is 4.96. The topological polar surface area (TPSA) is 27.8 Å². The molecule has 2 heterocycles. The van der Waals surface area contributed by atoms with Crippen LogP contribution in [0.4, 0.5) is 0 Å². The maximum Gasteiger partial charge on any atom is 0.0933 e. The fourth-order valence-corrected chi connectivity index (χ4v) is 1.74. The molecule has 1 N–H and O–H groups in total. The Morgan fingerprint density at radius 1 is 1.50 bits per heavy atom. The predicted octanol–water partition coefficient (Wildman–Crippen LogP) is 0.0690. The lowest BCUT2D eigenvalue weighted by Crippen LogP contribution is -2.52. The van der Waals surface area contributed by atoms with Gasteiger partial charge in [0.1, 0.15) is 0 Å². The van der Waals surface area contributed by atoms with Crippen LogP contribution < -0.4 is 5.32 Å². The Kier molecular flexibility index (Phi) is 2.63. The van der Waals surface area contributed by atoms with Gasteiger partial charge < -0.3 is 10.1 Å². The van der Waals surface area contributed by atoms with Crippen LogP contribution in [0.25, 0.3) is 0 Å². The van der Waals surface area contributed by atoms with E-state index in [2.05, 4.69) is 17.1 Å². The summed E-state index contributed by atoms with van der Waals surface area (Å²) in [7, 11) is 0. The fraction of sp³-hybridized carbons (Fsp3) is 1.00. The normalized spacial score (nSPS) is 34.8. The molecule has 2 rings (SSSR count). The van der Waals surface area contributed by atoms with Crippen molar-refractivity contribution in [3.63, 3.8) is 0 Å². The molecule has 0 aromatic rings. The Bertz CT molecular complexity index is 145. The minimum Gasteiger partial charge on any atom is -0.372 e. The second-order valence-electron chi connectivity index (χ2n) is 3.68. The van der Waals surface area contributed by atoms with Gasteiger partial charge in [0.15, 0.2) is 0 Å². The van der Waals surface area contributed by atoms with Crippen LogP contribution in [0, 0.1) is 0 Å². The standard InChI is InChI=1S/C9H18N2O/c1-2-11-4-3-8(11)5-10-6-9-7-12-9/h8-10H,2-7H2,1H3. The summed E-state index contributed by atoms with van der Waals surface area (Å²) in [6.07, 6.45) is 1.90. The Morgan fingerprint density at radius 3 is 2.83 bits per heavy atom. The van der Waals surface area contributed by atoms with E-state index in [1.54, 1.807) is 0 Å². The third kappa shape index (κ3) is 1.97. The van der Waals surface area contributed by atoms with Gasteiger partial charge in [0.25, 0.3) is 0 Å². The SMILES string of the molecule is CCN1CCC1CNCC1CO1. The second kappa shape index (κ2) is 3.73. The van der Waals surface area contributed by atoms with Crippen LogP contribution in [-0.4, -0.2) is 49.8 Å². The first kappa shape index (κ1) is 8.48. The van der Waals surface area contributed by atoms with E-state index in [-0.39, 0.29) is 0 Å². The van der Waals surface area contributed by atoms with Crippen molar-refractivity contribution in [3.05, 3.63) is 0 Å². The molecule has 0 aromatic heterocycles. The van der Waals surface area contributed by atoms with Crippen molar-refractivity contribution in [2.45, 2.75) is 25.5 Å². The zero-order chi connectivity index (χ0) is 8.39. The number of hydrogen-bond donors (Lipinski definition) is 1. The molecule has 0 saturated carbocycles. The molecule has 12 heavy (non-hydrogen) atoms. The summed E-state index contributed by atoms with van der Waals surface area (Å²) in [5.74, 6) is 0. The summed E-state index contributed by atoms with van der Waals surface area (Å²) in [6.45, 7) is 7.89. The van der Waals surface area contributed by atoms with Gasteiger partial charge in [-0.05, 0) is 13.0 Å². The number of likely N-dealkylation sites (tertiary alicyclic amines) is 1. The summed E-state index contributed by atoms with van der Waals surface area (Å²) in [4.78, 5) is 2.51. The number of hydrogen-bond acceptors (Lipinski definition) is 3. The molecule has 2 saturated heterocycles. The van der Waals surface area contributed by atoms with E-state index in [1.165, 1.54) is 19.5 Å². The fourth-order valence-electron chi connectivity index (χ4n) is 1.74. The van der Waals surface area contributed by atoms with Crippen molar-refractivity contribution >= 4 is 0 Å². The molecule has 2 aliphatic rings. The van der Waals surface area contributed by atoms with Crippen molar-refractivity contribution in [2.75, 3.05) is 32.8 Å². The van der Waals surface area contributed by atoms with Gasteiger partial charge >= 0.3 is 0 Å². The molecular formula is C9H18N2O. The Hall–Kier alpha value is -0.120. The van der Waals surface area contributed by atoms with Gasteiger partial charge in [0.2, 0.25) is 0 Å². The van der Waals surface area contributed by atoms with E-state index in [9.17, 15) is 0 Å². The lowest BCUT2D eigenvalue weighted by molar-refractivity contribution is 0.0968. The van der Waals surface area contributed by atoms with Gasteiger partial charge in [-0.15, -0.1) is 0 Å². The van der Waals surface area contributed by atoms with Crippen LogP contribution in [0.5, 0.6) is 0 Å². The van der Waals surface area contributed by atoms with E-state index < -0.39 is 0 Å².